The van der Waals surface area contributed by atoms with Gasteiger partial charge in [0.1, 0.15) is 29.2 Å². The number of hydrogen-bond acceptors (Lipinski definition) is 8. The van der Waals surface area contributed by atoms with E-state index in [-0.39, 0.29) is 0 Å². The highest BCUT2D eigenvalue weighted by molar-refractivity contribution is 5.92. The summed E-state index contributed by atoms with van der Waals surface area (Å²) < 4.78 is 8.06. The number of hydrogen-bond donors (Lipinski definition) is 3. The molecule has 0 amide bonds. The van der Waals surface area contributed by atoms with Crippen LogP contribution in [0.1, 0.15) is 11.3 Å². The van der Waals surface area contributed by atoms with E-state index in [0.29, 0.717) is 11.5 Å². The second kappa shape index (κ2) is 7.12. The van der Waals surface area contributed by atoms with Crippen LogP contribution in [0, 0.1) is 6.92 Å². The second-order valence-corrected chi connectivity index (χ2v) is 7.06. The summed E-state index contributed by atoms with van der Waals surface area (Å²) in [6.45, 7) is 2.00. The van der Waals surface area contributed by atoms with Gasteiger partial charge in [-0.25, -0.2) is 15.0 Å². The van der Waals surface area contributed by atoms with Gasteiger partial charge in [-0.05, 0) is 42.8 Å². The van der Waals surface area contributed by atoms with Gasteiger partial charge in [0.2, 0.25) is 0 Å². The van der Waals surface area contributed by atoms with Gasteiger partial charge < -0.3 is 19.9 Å². The van der Waals surface area contributed by atoms with E-state index >= 15 is 0 Å². The Morgan fingerprint density at radius 2 is 2.03 bits per heavy atom. The number of anilines is 3. The number of benzene rings is 2. The molecule has 0 radical (unpaired) electrons. The van der Waals surface area contributed by atoms with Gasteiger partial charge in [0.25, 0.3) is 0 Å². The van der Waals surface area contributed by atoms with Crippen LogP contribution in [0.5, 0.6) is 11.5 Å². The summed E-state index contributed by atoms with van der Waals surface area (Å²) in [5.41, 5.74) is 11.1. The molecule has 0 bridgehead atoms. The molecular formula is C21H20N8O. The molecule has 150 valence electrons. The van der Waals surface area contributed by atoms with E-state index in [1.54, 1.807) is 12.5 Å². The van der Waals surface area contributed by atoms with Gasteiger partial charge in [-0.15, -0.1) is 0 Å². The lowest BCUT2D eigenvalue weighted by Crippen LogP contribution is -2.31. The van der Waals surface area contributed by atoms with E-state index in [4.69, 9.17) is 10.5 Å². The van der Waals surface area contributed by atoms with Crippen molar-refractivity contribution in [2.24, 2.45) is 17.8 Å². The van der Waals surface area contributed by atoms with Crippen molar-refractivity contribution in [3.63, 3.8) is 0 Å². The molecule has 1 aliphatic rings. The predicted molar refractivity (Wildman–Crippen MR) is 116 cm³/mol. The Morgan fingerprint density at radius 1 is 1.13 bits per heavy atom. The van der Waals surface area contributed by atoms with Crippen molar-refractivity contribution in [3.8, 4) is 11.5 Å². The van der Waals surface area contributed by atoms with Crippen molar-refractivity contribution < 1.29 is 4.74 Å². The first-order valence-corrected chi connectivity index (χ1v) is 9.44. The van der Waals surface area contributed by atoms with Crippen LogP contribution in [0.4, 0.5) is 17.2 Å². The molecule has 4 aromatic rings. The highest BCUT2D eigenvalue weighted by Crippen LogP contribution is 2.32. The fraction of sp³-hybridized carbons (Fsp3) is 0.143. The van der Waals surface area contributed by atoms with E-state index in [1.807, 2.05) is 54.9 Å². The lowest BCUT2D eigenvalue weighted by molar-refractivity contribution is 0.479. The number of aliphatic imine (C=N–C) groups is 1. The molecule has 0 saturated heterocycles. The summed E-state index contributed by atoms with van der Waals surface area (Å²) in [5.74, 6) is 2.15. The number of fused-ring (bicyclic) bond motifs is 2. The Morgan fingerprint density at radius 3 is 2.90 bits per heavy atom. The first-order chi connectivity index (χ1) is 14.6. The van der Waals surface area contributed by atoms with Gasteiger partial charge in [0, 0.05) is 18.8 Å². The van der Waals surface area contributed by atoms with Gasteiger partial charge in [-0.1, -0.05) is 0 Å². The summed E-state index contributed by atoms with van der Waals surface area (Å²) >= 11 is 0. The number of nitrogens with two attached hydrogens (primary N) is 1. The van der Waals surface area contributed by atoms with Crippen molar-refractivity contribution >= 4 is 34.4 Å². The molecule has 3 heterocycles. The lowest BCUT2D eigenvalue weighted by Gasteiger charge is -2.20. The van der Waals surface area contributed by atoms with E-state index in [1.165, 1.54) is 6.33 Å². The summed E-state index contributed by atoms with van der Waals surface area (Å²) in [4.78, 5) is 17.0. The van der Waals surface area contributed by atoms with Crippen LogP contribution in [-0.2, 0) is 7.05 Å². The molecule has 0 saturated carbocycles. The third-order valence-electron chi connectivity index (χ3n) is 4.89. The third kappa shape index (κ3) is 3.31. The molecule has 9 heteroatoms. The van der Waals surface area contributed by atoms with E-state index < -0.39 is 6.29 Å². The molecule has 0 spiro atoms. The van der Waals surface area contributed by atoms with Crippen molar-refractivity contribution in [2.75, 3.05) is 10.6 Å². The molecule has 30 heavy (non-hydrogen) atoms. The van der Waals surface area contributed by atoms with Gasteiger partial charge in [0.15, 0.2) is 12.1 Å². The Balaban J connectivity index is 1.38. The van der Waals surface area contributed by atoms with Gasteiger partial charge in [-0.3, -0.25) is 10.7 Å². The van der Waals surface area contributed by atoms with E-state index in [9.17, 15) is 0 Å². The Labute approximate surface area is 172 Å². The third-order valence-corrected chi connectivity index (χ3v) is 4.89. The maximum atomic E-state index is 6.09. The number of rotatable bonds is 4. The topological polar surface area (TPSA) is 115 Å². The molecule has 5 rings (SSSR count). The van der Waals surface area contributed by atoms with Crippen LogP contribution in [0.2, 0.25) is 0 Å². The molecule has 2 aromatic heterocycles. The largest absolute Gasteiger partial charge is 0.457 e. The quantitative estimate of drug-likeness (QED) is 0.481. The van der Waals surface area contributed by atoms with Crippen molar-refractivity contribution in [3.05, 3.63) is 60.3 Å². The number of imidazole rings is 1. The maximum absolute atomic E-state index is 6.09. The Hall–Kier alpha value is -3.98. The number of aromatic nitrogens is 4. The zero-order valence-corrected chi connectivity index (χ0v) is 16.5. The minimum atomic E-state index is -0.516. The van der Waals surface area contributed by atoms with Crippen LogP contribution in [0.3, 0.4) is 0 Å². The van der Waals surface area contributed by atoms with Crippen LogP contribution < -0.4 is 21.1 Å². The number of nitrogens with zero attached hydrogens (tertiary/aromatic N) is 5. The molecule has 1 aliphatic heterocycles. The maximum Gasteiger partial charge on any atom is 0.171 e. The van der Waals surface area contributed by atoms with Gasteiger partial charge in [-0.2, -0.15) is 0 Å². The number of aryl methyl sites for hydroxylation is 2. The highest BCUT2D eigenvalue weighted by Gasteiger charge is 2.16. The standard InChI is InChI=1S/C21H20N8O/c1-12-7-13(27-20-19-16(24-10-25-20)9-23-21(22)28-19)3-6-18(12)30-14-4-5-17-15(8-14)26-11-29(17)2/h3-11,21,28H,22H2,1-2H3,(H,24,25,27). The smallest absolute Gasteiger partial charge is 0.171 e. The highest BCUT2D eigenvalue weighted by atomic mass is 16.5. The Kier molecular flexibility index (Phi) is 4.29. The van der Waals surface area contributed by atoms with Crippen molar-refractivity contribution in [2.45, 2.75) is 13.2 Å². The zero-order chi connectivity index (χ0) is 20.7. The first-order valence-electron chi connectivity index (χ1n) is 9.44. The molecule has 0 aliphatic carbocycles. The number of ether oxygens (including phenoxy) is 1. The Bertz CT molecular complexity index is 1280. The van der Waals surface area contributed by atoms with Crippen LogP contribution in [0.25, 0.3) is 11.0 Å². The molecule has 4 N–H and O–H groups in total. The van der Waals surface area contributed by atoms with Crippen molar-refractivity contribution in [1.82, 2.24) is 19.5 Å². The molecule has 1 atom stereocenters. The fourth-order valence-electron chi connectivity index (χ4n) is 3.35. The summed E-state index contributed by atoms with van der Waals surface area (Å²) in [6.07, 6.45) is 4.41. The summed E-state index contributed by atoms with van der Waals surface area (Å²) in [5, 5.41) is 6.40. The predicted octanol–water partition coefficient (Wildman–Crippen LogP) is 3.29. The molecule has 2 aromatic carbocycles. The van der Waals surface area contributed by atoms with E-state index in [2.05, 4.69) is 30.6 Å². The van der Waals surface area contributed by atoms with Gasteiger partial charge >= 0.3 is 0 Å². The van der Waals surface area contributed by atoms with Crippen LogP contribution in [0.15, 0.2) is 54.0 Å². The van der Waals surface area contributed by atoms with E-state index in [0.717, 1.165) is 39.5 Å². The molecule has 1 unspecified atom stereocenters. The average Bonchev–Trinajstić information content (AvgIpc) is 3.11. The fourth-order valence-corrected chi connectivity index (χ4v) is 3.35. The molecule has 0 fully saturated rings. The SMILES string of the molecule is Cc1cc(Nc2ncnc3c2NC(N)N=C3)ccc1Oc1ccc2c(c1)ncn2C. The lowest BCUT2D eigenvalue weighted by atomic mass is 10.2. The normalized spacial score (nSPS) is 15.0. The molecular weight excluding hydrogens is 380 g/mol. The second-order valence-electron chi connectivity index (χ2n) is 7.06. The van der Waals surface area contributed by atoms with Gasteiger partial charge in [0.05, 0.1) is 23.6 Å². The monoisotopic (exact) mass is 400 g/mol. The average molecular weight is 400 g/mol. The zero-order valence-electron chi connectivity index (χ0n) is 16.5. The first kappa shape index (κ1) is 18.1. The van der Waals surface area contributed by atoms with Crippen LogP contribution >= 0.6 is 0 Å². The van der Waals surface area contributed by atoms with Crippen molar-refractivity contribution in [1.29, 1.82) is 0 Å². The minimum absolute atomic E-state index is 0.516. The molecule has 9 nitrogen and oxygen atoms in total. The summed E-state index contributed by atoms with van der Waals surface area (Å²) in [6, 6.07) is 11.7. The number of nitrogens with one attached hydrogen (secondary N) is 2. The summed E-state index contributed by atoms with van der Waals surface area (Å²) in [7, 11) is 1.97. The van der Waals surface area contributed by atoms with Crippen LogP contribution in [-0.4, -0.2) is 32.0 Å². The minimum Gasteiger partial charge on any atom is -0.457 e.